The molecular formula is C105H87Cl4N7O13S. The lowest BCUT2D eigenvalue weighted by atomic mass is 9.87. The summed E-state index contributed by atoms with van der Waals surface area (Å²) in [6.07, 6.45) is 0. The molecule has 2 aliphatic carbocycles. The lowest BCUT2D eigenvalue weighted by Gasteiger charge is -2.26. The molecule has 25 heteroatoms. The number of halogens is 4. The van der Waals surface area contributed by atoms with Crippen LogP contribution >= 0.6 is 59.0 Å². The van der Waals surface area contributed by atoms with Crippen molar-refractivity contribution in [1.82, 2.24) is 30.6 Å². The molecule has 4 aromatic heterocycles. The van der Waals surface area contributed by atoms with Crippen LogP contribution in [-0.2, 0) is 6.54 Å². The quantitative estimate of drug-likeness (QED) is 0.0299. The molecule has 2 aliphatic heterocycles. The Labute approximate surface area is 771 Å². The zero-order valence-electron chi connectivity index (χ0n) is 72.8. The molecule has 6 heterocycles. The number of anilines is 1. The summed E-state index contributed by atoms with van der Waals surface area (Å²) in [4.78, 5) is 82.6. The maximum atomic E-state index is 13.0. The molecular weight excluding hydrogens is 1740 g/mol. The summed E-state index contributed by atoms with van der Waals surface area (Å²) in [5.41, 5.74) is 20.0. The highest BCUT2D eigenvalue weighted by atomic mass is 35.5. The third kappa shape index (κ3) is 16.5. The number of fused-ring (bicyclic) bond motifs is 9. The van der Waals surface area contributed by atoms with E-state index in [4.69, 9.17) is 82.8 Å². The van der Waals surface area contributed by atoms with E-state index < -0.39 is 29.4 Å². The number of aromatic nitrogens is 4. The fraction of sp³-hybridized carbons (Fsp3) is 0.171. The summed E-state index contributed by atoms with van der Waals surface area (Å²) in [5, 5.41) is 80.6. The van der Waals surface area contributed by atoms with Crippen molar-refractivity contribution in [1.29, 1.82) is 0 Å². The Balaban J connectivity index is 0.000000143. The van der Waals surface area contributed by atoms with Crippen molar-refractivity contribution in [2.24, 2.45) is 0 Å². The van der Waals surface area contributed by atoms with Gasteiger partial charge in [-0.1, -0.05) is 137 Å². The van der Waals surface area contributed by atoms with Crippen molar-refractivity contribution < 1.29 is 53.9 Å². The standard InChI is InChI=1S/C37H34ClN3O4.C37H33ClN2O4S.C31H20Cl2N2O5/c1-17-11-13-24(33-23(17)14-12-19(3)39-33)21(5)40-22(6)30-34-27(15-18(2)35(30)42)31(25-9-7-8-10-26(25)37(44)45)28-16-29(38)36(43)20(4)32(28)41-34;1-17-11-13-24(32-23(17)14-12-19(3)39-32)21(5)40-22(6)30-35-27(15-18(2)36(30)45)31(25-9-7-8-10-26(25)37(42)43)28-16-29(38)33(41)20(4)34(28)44-35;1-15-6-7-18-22(32)9-10-24(29(18)35-15)34-14-21-25(36)11-8-19-28(16-4-2-3-5-17(16)31(38)39)20-12-23(33)26(37)13-27(20)40-30(19)21/h7-16,21-22,40,42-43H,1-6H3,(H,44,45);7-16,21-22,40,45H,1-6H3,(H,42,43);2-13,34,36H,14H2,1H3,(H,38,39). The minimum atomic E-state index is -1.11. The van der Waals surface area contributed by atoms with E-state index in [1.807, 2.05) is 84.0 Å². The average Bonchev–Trinajstić information content (AvgIpc) is 0.733. The molecule has 130 heavy (non-hydrogen) atoms. The first-order valence-electron chi connectivity index (χ1n) is 41.8. The number of phenolic OH excluding ortho intramolecular Hbond substituents is 3. The first-order chi connectivity index (χ1) is 62.0. The van der Waals surface area contributed by atoms with Crippen molar-refractivity contribution in [2.75, 3.05) is 5.32 Å². The molecule has 0 bridgehead atoms. The lowest BCUT2D eigenvalue weighted by molar-refractivity contribution is 0.0687. The first kappa shape index (κ1) is 89.9. The molecule has 9 N–H and O–H groups in total. The largest absolute Gasteiger partial charge is 0.507 e. The highest BCUT2D eigenvalue weighted by molar-refractivity contribution is 7.80. The van der Waals surface area contributed by atoms with Crippen LogP contribution in [0.25, 0.3) is 132 Å². The predicted octanol–water partition coefficient (Wildman–Crippen LogP) is 26.2. The third-order valence-electron chi connectivity index (χ3n) is 24.4. The van der Waals surface area contributed by atoms with Gasteiger partial charge in [-0.05, 0) is 237 Å². The van der Waals surface area contributed by atoms with Gasteiger partial charge in [0.1, 0.15) is 39.9 Å². The van der Waals surface area contributed by atoms with E-state index in [1.165, 1.54) is 24.3 Å². The molecule has 4 atom stereocenters. The van der Waals surface area contributed by atoms with Gasteiger partial charge in [-0.2, -0.15) is 0 Å². The number of aryl methyl sites for hydroxylation is 8. The molecule has 0 saturated heterocycles. The van der Waals surface area contributed by atoms with Gasteiger partial charge in [-0.15, -0.1) is 12.6 Å². The highest BCUT2D eigenvalue weighted by Gasteiger charge is 2.33. The zero-order valence-corrected chi connectivity index (χ0v) is 76.7. The van der Waals surface area contributed by atoms with E-state index >= 15 is 0 Å². The predicted molar refractivity (Wildman–Crippen MR) is 522 cm³/mol. The number of aromatic hydroxyl groups is 3. The molecule has 0 radical (unpaired) electrons. The molecule has 4 unspecified atom stereocenters. The van der Waals surface area contributed by atoms with Crippen molar-refractivity contribution in [3.63, 3.8) is 0 Å². The lowest BCUT2D eigenvalue weighted by Crippen LogP contribution is -2.24. The van der Waals surface area contributed by atoms with Gasteiger partial charge >= 0.3 is 17.9 Å². The number of carboxylic acid groups (broad SMARTS) is 3. The van der Waals surface area contributed by atoms with Gasteiger partial charge < -0.3 is 55.4 Å². The second-order valence-corrected chi connectivity index (χ2v) is 35.0. The molecule has 0 fully saturated rings. The number of phenols is 3. The summed E-state index contributed by atoms with van der Waals surface area (Å²) in [6, 6.07) is 56.3. The molecule has 4 aliphatic rings. The number of carbonyl (C=O) groups is 3. The molecule has 18 rings (SSSR count). The minimum Gasteiger partial charge on any atom is -0.507 e. The van der Waals surface area contributed by atoms with Gasteiger partial charge in [0.05, 0.1) is 75.6 Å². The minimum absolute atomic E-state index is 0.0193. The topological polar surface area (TPSA) is 321 Å². The van der Waals surface area contributed by atoms with Crippen LogP contribution in [0.15, 0.2) is 217 Å². The fourth-order valence-electron chi connectivity index (χ4n) is 17.8. The number of nitrogens with one attached hydrogen (secondary N) is 3. The van der Waals surface area contributed by atoms with Gasteiger partial charge in [-0.25, -0.2) is 19.4 Å². The molecule has 0 spiro atoms. The number of aromatic carboxylic acids is 3. The van der Waals surface area contributed by atoms with E-state index in [9.17, 15) is 54.6 Å². The Bertz CT molecular complexity index is 7870. The normalized spacial score (nSPS) is 12.5. The Morgan fingerprint density at radius 1 is 0.400 bits per heavy atom. The smallest absolute Gasteiger partial charge is 0.336 e. The number of hydrogen-bond donors (Lipinski definition) is 10. The van der Waals surface area contributed by atoms with Crippen LogP contribution in [0.1, 0.15) is 161 Å². The van der Waals surface area contributed by atoms with Crippen molar-refractivity contribution in [3.8, 4) is 73.3 Å². The van der Waals surface area contributed by atoms with Crippen molar-refractivity contribution in [2.45, 2.75) is 126 Å². The number of thiol groups is 1. The number of nitrogens with zero attached hydrogens (tertiary/aromatic N) is 4. The number of hydrogen-bond acceptors (Lipinski definition) is 18. The zero-order chi connectivity index (χ0) is 92.8. The summed E-state index contributed by atoms with van der Waals surface area (Å²) in [6.45, 7) is 25.5. The maximum absolute atomic E-state index is 13.0. The van der Waals surface area contributed by atoms with Crippen LogP contribution < -0.4 is 26.8 Å². The first-order valence-corrected chi connectivity index (χ1v) is 43.8. The van der Waals surface area contributed by atoms with Gasteiger partial charge in [0.2, 0.25) is 10.9 Å². The Kier molecular flexibility index (Phi) is 24.8. The summed E-state index contributed by atoms with van der Waals surface area (Å²) < 4.78 is 12.9. The summed E-state index contributed by atoms with van der Waals surface area (Å²) in [5.74, 6) is -2.72. The van der Waals surface area contributed by atoms with Crippen LogP contribution in [0, 0.1) is 62.3 Å². The Morgan fingerprint density at radius 3 is 1.45 bits per heavy atom. The Morgan fingerprint density at radius 2 is 0.892 bits per heavy atom. The van der Waals surface area contributed by atoms with Crippen LogP contribution in [0.3, 0.4) is 0 Å². The number of carboxylic acids is 3. The average molecular weight is 1830 g/mol. The SMILES string of the molecule is Cc1ccc2c(C)ccc(C(C)NC(C)c3c(O)c(C)cc4c(-c5ccccc5C(=O)O)c5cc(Cl)c(O)c(C)c5nc34)c2n1.Cc1ccc2c(C)ccc(C(C)NC(C)c3c(S)c(C)cc4c(-c5ccccc5C(=O)O)c5cc(Cl)c(=O)c(C)c-5oc34)c2n1.Cc1ccc2c(Cl)ccc(NCc3c(O)ccc4c(-c5ccccc5C(=O)O)c5cc(Cl)c(=O)cc-5oc34)c2n1. The van der Waals surface area contributed by atoms with E-state index in [2.05, 4.69) is 92.0 Å². The van der Waals surface area contributed by atoms with Crippen LogP contribution in [0.4, 0.5) is 5.69 Å². The molecule has 10 aromatic carbocycles. The van der Waals surface area contributed by atoms with E-state index in [1.54, 1.807) is 105 Å². The molecule has 0 amide bonds. The molecule has 0 saturated carbocycles. The molecule has 14 aromatic rings. The number of pyridine rings is 4. The van der Waals surface area contributed by atoms with Gasteiger partial charge in [0.25, 0.3) is 0 Å². The van der Waals surface area contributed by atoms with Crippen LogP contribution in [0.2, 0.25) is 20.1 Å². The molecule has 654 valence electrons. The van der Waals surface area contributed by atoms with Gasteiger partial charge in [-0.3, -0.25) is 24.5 Å². The maximum Gasteiger partial charge on any atom is 0.336 e. The highest BCUT2D eigenvalue weighted by Crippen LogP contribution is 2.51. The van der Waals surface area contributed by atoms with Crippen LogP contribution in [-0.4, -0.2) is 68.5 Å². The number of benzene rings is 12. The Hall–Kier alpha value is -13.5. The van der Waals surface area contributed by atoms with E-state index in [0.29, 0.717) is 138 Å². The van der Waals surface area contributed by atoms with E-state index in [-0.39, 0.29) is 84.9 Å². The summed E-state index contributed by atoms with van der Waals surface area (Å²) >= 11 is 30.5. The molecule has 20 nitrogen and oxygen atoms in total. The third-order valence-corrected chi connectivity index (χ3v) is 26.1. The van der Waals surface area contributed by atoms with E-state index in [0.717, 1.165) is 82.6 Å². The van der Waals surface area contributed by atoms with Crippen LogP contribution in [0.5, 0.6) is 17.2 Å². The fourth-order valence-corrected chi connectivity index (χ4v) is 19.0. The van der Waals surface area contributed by atoms with Gasteiger partial charge in [0, 0.05) is 147 Å². The van der Waals surface area contributed by atoms with Crippen molar-refractivity contribution in [3.05, 3.63) is 330 Å². The second kappa shape index (κ2) is 35.9. The monoisotopic (exact) mass is 1830 g/mol. The number of rotatable bonds is 17. The second-order valence-electron chi connectivity index (χ2n) is 33.0. The van der Waals surface area contributed by atoms with Crippen molar-refractivity contribution >= 4 is 159 Å². The van der Waals surface area contributed by atoms with Gasteiger partial charge in [0.15, 0.2) is 0 Å². The summed E-state index contributed by atoms with van der Waals surface area (Å²) in [7, 11) is 0.